The summed E-state index contributed by atoms with van der Waals surface area (Å²) in [6.07, 6.45) is 1.73. The Morgan fingerprint density at radius 3 is 1.85 bits per heavy atom. The predicted octanol–water partition coefficient (Wildman–Crippen LogP) is 12.5. The summed E-state index contributed by atoms with van der Waals surface area (Å²) in [5.41, 5.74) is 11.7. The van der Waals surface area contributed by atoms with Gasteiger partial charge >= 0.3 is 0 Å². The minimum atomic E-state index is -0.781. The Morgan fingerprint density at radius 2 is 1.24 bits per heavy atom. The van der Waals surface area contributed by atoms with E-state index in [0.29, 0.717) is 22.8 Å². The molecule has 0 bridgehead atoms. The Kier molecular flexibility index (Phi) is 7.67. The Labute approximate surface area is 320 Å². The zero-order valence-electron chi connectivity index (χ0n) is 31.7. The fraction of sp³-hybridized carbons (Fsp3) is 0.184. The first-order chi connectivity index (χ1) is 26.2. The van der Waals surface area contributed by atoms with Crippen molar-refractivity contribution in [1.82, 2.24) is 9.97 Å². The average molecular weight is 726 g/mol. The molecule has 0 unspecified atom stereocenters. The molecule has 4 nitrogen and oxygen atoms in total. The SMILES string of the molecule is CC(C)(C)c1ccc2c(c1)C1(c3cc(C(C)(C)C)ccc3-2)c2ccc(N(c3cc(F)cc(F)c3)c3cccc(-c4ccccn4)c3)nc2-c2c(O)cccc21. The van der Waals surface area contributed by atoms with E-state index in [1.165, 1.54) is 23.3 Å². The van der Waals surface area contributed by atoms with Crippen molar-refractivity contribution in [3.63, 3.8) is 0 Å². The van der Waals surface area contributed by atoms with Gasteiger partial charge in [0, 0.05) is 29.1 Å². The highest BCUT2D eigenvalue weighted by molar-refractivity contribution is 5.96. The number of nitrogens with zero attached hydrogens (tertiary/aromatic N) is 3. The van der Waals surface area contributed by atoms with E-state index in [0.717, 1.165) is 50.7 Å². The molecular formula is C49H41F2N3O. The Morgan fingerprint density at radius 1 is 0.582 bits per heavy atom. The maximum absolute atomic E-state index is 15.0. The number of pyridine rings is 2. The van der Waals surface area contributed by atoms with Crippen molar-refractivity contribution in [2.45, 2.75) is 57.8 Å². The first-order valence-electron chi connectivity index (χ1n) is 18.7. The largest absolute Gasteiger partial charge is 0.507 e. The molecular weight excluding hydrogens is 685 g/mol. The monoisotopic (exact) mass is 725 g/mol. The van der Waals surface area contributed by atoms with Gasteiger partial charge in [0.15, 0.2) is 0 Å². The molecule has 0 atom stereocenters. The Balaban J connectivity index is 1.34. The van der Waals surface area contributed by atoms with Crippen LogP contribution in [0.3, 0.4) is 0 Å². The van der Waals surface area contributed by atoms with Gasteiger partial charge in [-0.1, -0.05) is 114 Å². The van der Waals surface area contributed by atoms with Crippen molar-refractivity contribution in [3.8, 4) is 39.4 Å². The van der Waals surface area contributed by atoms with Crippen LogP contribution >= 0.6 is 0 Å². The van der Waals surface area contributed by atoms with Gasteiger partial charge in [-0.15, -0.1) is 0 Å². The minimum Gasteiger partial charge on any atom is -0.507 e. The molecule has 0 amide bonds. The third-order valence-corrected chi connectivity index (χ3v) is 11.2. The van der Waals surface area contributed by atoms with E-state index in [9.17, 15) is 5.11 Å². The maximum Gasteiger partial charge on any atom is 0.138 e. The first kappa shape index (κ1) is 34.6. The van der Waals surface area contributed by atoms with Crippen LogP contribution in [-0.4, -0.2) is 15.1 Å². The van der Waals surface area contributed by atoms with E-state index in [1.54, 1.807) is 17.2 Å². The molecule has 0 saturated heterocycles. The van der Waals surface area contributed by atoms with E-state index in [1.807, 2.05) is 54.6 Å². The topological polar surface area (TPSA) is 49.2 Å². The summed E-state index contributed by atoms with van der Waals surface area (Å²) in [6, 6.07) is 40.3. The van der Waals surface area contributed by atoms with E-state index >= 15 is 8.78 Å². The summed E-state index contributed by atoms with van der Waals surface area (Å²) in [4.78, 5) is 11.7. The summed E-state index contributed by atoms with van der Waals surface area (Å²) >= 11 is 0. The average Bonchev–Trinajstić information content (AvgIpc) is 3.61. The van der Waals surface area contributed by atoms with Crippen LogP contribution in [0.5, 0.6) is 5.75 Å². The van der Waals surface area contributed by atoms with Crippen LogP contribution in [-0.2, 0) is 16.2 Å². The van der Waals surface area contributed by atoms with Crippen LogP contribution in [0.15, 0.2) is 134 Å². The van der Waals surface area contributed by atoms with E-state index in [4.69, 9.17) is 4.98 Å². The van der Waals surface area contributed by atoms with Crippen LogP contribution in [0.25, 0.3) is 33.6 Å². The van der Waals surface area contributed by atoms with Gasteiger partial charge in [-0.05, 0) is 104 Å². The molecule has 0 fully saturated rings. The van der Waals surface area contributed by atoms with E-state index in [2.05, 4.69) is 95.1 Å². The van der Waals surface area contributed by atoms with Gasteiger partial charge < -0.3 is 5.11 Å². The smallest absolute Gasteiger partial charge is 0.138 e. The van der Waals surface area contributed by atoms with Crippen molar-refractivity contribution in [2.24, 2.45) is 0 Å². The van der Waals surface area contributed by atoms with Gasteiger partial charge in [-0.25, -0.2) is 13.8 Å². The second-order valence-corrected chi connectivity index (χ2v) is 16.8. The molecule has 9 rings (SSSR count). The maximum atomic E-state index is 15.0. The number of hydrogen-bond acceptors (Lipinski definition) is 4. The van der Waals surface area contributed by atoms with Crippen LogP contribution in [0.2, 0.25) is 0 Å². The van der Waals surface area contributed by atoms with Crippen LogP contribution < -0.4 is 4.90 Å². The third-order valence-electron chi connectivity index (χ3n) is 11.2. The second kappa shape index (κ2) is 12.2. The van der Waals surface area contributed by atoms with Gasteiger partial charge in [0.25, 0.3) is 0 Å². The molecule has 2 aromatic heterocycles. The summed E-state index contributed by atoms with van der Waals surface area (Å²) in [5.74, 6) is -0.840. The van der Waals surface area contributed by atoms with Gasteiger partial charge in [-0.2, -0.15) is 0 Å². The summed E-state index contributed by atoms with van der Waals surface area (Å²) in [5, 5.41) is 11.8. The van der Waals surface area contributed by atoms with Crippen molar-refractivity contribution in [1.29, 1.82) is 0 Å². The zero-order valence-corrected chi connectivity index (χ0v) is 31.7. The molecule has 5 aromatic carbocycles. The fourth-order valence-electron chi connectivity index (χ4n) is 8.57. The van der Waals surface area contributed by atoms with Gasteiger partial charge in [-0.3, -0.25) is 9.88 Å². The number of aromatic nitrogens is 2. The molecule has 0 aliphatic heterocycles. The highest BCUT2D eigenvalue weighted by Crippen LogP contribution is 2.64. The molecule has 2 aliphatic carbocycles. The van der Waals surface area contributed by atoms with Gasteiger partial charge in [0.1, 0.15) is 23.2 Å². The molecule has 2 aliphatic rings. The number of phenolic OH excluding ortho intramolecular Hbond substituents is 1. The number of phenols is 1. The molecule has 6 heteroatoms. The zero-order chi connectivity index (χ0) is 38.4. The predicted molar refractivity (Wildman–Crippen MR) is 217 cm³/mol. The third kappa shape index (κ3) is 5.37. The number of halogens is 2. The summed E-state index contributed by atoms with van der Waals surface area (Å²) in [6.45, 7) is 13.4. The molecule has 2 heterocycles. The van der Waals surface area contributed by atoms with Crippen LogP contribution in [0.1, 0.15) is 74.9 Å². The second-order valence-electron chi connectivity index (χ2n) is 16.8. The number of hydrogen-bond donors (Lipinski definition) is 1. The summed E-state index contributed by atoms with van der Waals surface area (Å²) < 4.78 is 30.0. The van der Waals surface area contributed by atoms with Crippen molar-refractivity contribution >= 4 is 17.2 Å². The Hall–Kier alpha value is -6.14. The molecule has 0 saturated carbocycles. The lowest BCUT2D eigenvalue weighted by Crippen LogP contribution is -2.27. The number of anilines is 3. The molecule has 1 spiro atoms. The number of fused-ring (bicyclic) bond motifs is 10. The standard InChI is InChI=1S/C49H41F2N3O/c1-47(2,3)30-16-18-36-37-19-17-31(48(4,5)6)25-41(37)49(40(36)24-30)38-13-10-15-43(55)45(38)46-39(49)20-21-44(53-46)54(35-27-32(50)26-33(51)28-35)34-12-9-11-29(23-34)42-14-7-8-22-52-42/h7-28,55H,1-6H3. The molecule has 1 N–H and O–H groups in total. The van der Waals surface area contributed by atoms with E-state index < -0.39 is 17.0 Å². The molecule has 0 radical (unpaired) electrons. The summed E-state index contributed by atoms with van der Waals surface area (Å²) in [7, 11) is 0. The number of benzene rings is 5. The lowest BCUT2D eigenvalue weighted by Gasteiger charge is -2.33. The van der Waals surface area contributed by atoms with E-state index in [-0.39, 0.29) is 22.3 Å². The number of aromatic hydroxyl groups is 1. The molecule has 272 valence electrons. The minimum absolute atomic E-state index is 0.114. The Bertz CT molecular complexity index is 2590. The lowest BCUT2D eigenvalue weighted by atomic mass is 9.69. The van der Waals surface area contributed by atoms with Gasteiger partial charge in [0.2, 0.25) is 0 Å². The van der Waals surface area contributed by atoms with Gasteiger partial charge in [0.05, 0.1) is 22.5 Å². The first-order valence-corrected chi connectivity index (χ1v) is 18.7. The quantitative estimate of drug-likeness (QED) is 0.196. The van der Waals surface area contributed by atoms with Crippen molar-refractivity contribution < 1.29 is 13.9 Å². The number of rotatable bonds is 4. The molecule has 55 heavy (non-hydrogen) atoms. The lowest BCUT2D eigenvalue weighted by molar-refractivity contribution is 0.476. The normalized spacial score (nSPS) is 13.7. The fourth-order valence-corrected chi connectivity index (χ4v) is 8.57. The highest BCUT2D eigenvalue weighted by atomic mass is 19.1. The van der Waals surface area contributed by atoms with Crippen LogP contribution in [0, 0.1) is 11.6 Å². The molecule has 7 aromatic rings. The van der Waals surface area contributed by atoms with Crippen molar-refractivity contribution in [2.75, 3.05) is 4.90 Å². The highest BCUT2D eigenvalue weighted by Gasteiger charge is 2.54. The van der Waals surface area contributed by atoms with Crippen LogP contribution in [0.4, 0.5) is 26.0 Å². The van der Waals surface area contributed by atoms with Crippen molar-refractivity contribution in [3.05, 3.63) is 179 Å².